The van der Waals surface area contributed by atoms with E-state index in [0.29, 0.717) is 10.9 Å². The number of nitrogens with one attached hydrogen (secondary N) is 1. The fourth-order valence-electron chi connectivity index (χ4n) is 1.19. The number of anilines is 2. The zero-order valence-electron chi connectivity index (χ0n) is 8.47. The number of nitrogens with zero attached hydrogens (tertiary/aromatic N) is 2. The quantitative estimate of drug-likeness (QED) is 0.853. The number of carboxylic acids is 1. The molecule has 0 saturated heterocycles. The van der Waals surface area contributed by atoms with Crippen molar-refractivity contribution in [1.29, 1.82) is 0 Å². The maximum atomic E-state index is 10.9. The maximum absolute atomic E-state index is 10.9. The molecular weight excluding hydrogens is 226 g/mol. The molecule has 82 valence electrons. The minimum atomic E-state index is -1.01. The monoisotopic (exact) mass is 235 g/mol. The van der Waals surface area contributed by atoms with E-state index in [1.54, 1.807) is 12.3 Å². The van der Waals surface area contributed by atoms with Crippen molar-refractivity contribution >= 4 is 28.3 Å². The van der Waals surface area contributed by atoms with Gasteiger partial charge in [-0.05, 0) is 19.1 Å². The molecule has 0 bridgehead atoms. The van der Waals surface area contributed by atoms with Crippen molar-refractivity contribution < 1.29 is 9.90 Å². The van der Waals surface area contributed by atoms with Gasteiger partial charge in [-0.15, -0.1) is 11.3 Å². The number of aromatic nitrogens is 2. The van der Waals surface area contributed by atoms with Crippen LogP contribution in [-0.4, -0.2) is 21.0 Å². The lowest BCUT2D eigenvalue weighted by Gasteiger charge is -2.04. The summed E-state index contributed by atoms with van der Waals surface area (Å²) in [5, 5.41) is 12.5. The number of aromatic carboxylic acids is 1. The first-order valence-electron chi connectivity index (χ1n) is 4.54. The molecule has 0 aliphatic rings. The highest BCUT2D eigenvalue weighted by atomic mass is 32.1. The van der Waals surface area contributed by atoms with Crippen LogP contribution in [0.5, 0.6) is 0 Å². The van der Waals surface area contributed by atoms with Gasteiger partial charge in [0.15, 0.2) is 5.13 Å². The van der Waals surface area contributed by atoms with Crippen LogP contribution in [0.1, 0.15) is 15.2 Å². The summed E-state index contributed by atoms with van der Waals surface area (Å²) >= 11 is 1.45. The third-order valence-corrected chi connectivity index (χ3v) is 2.71. The van der Waals surface area contributed by atoms with E-state index in [9.17, 15) is 4.79 Å². The van der Waals surface area contributed by atoms with Gasteiger partial charge in [0.2, 0.25) is 0 Å². The van der Waals surface area contributed by atoms with Crippen LogP contribution < -0.4 is 5.32 Å². The van der Waals surface area contributed by atoms with E-state index in [4.69, 9.17) is 5.11 Å². The van der Waals surface area contributed by atoms with Gasteiger partial charge in [0.1, 0.15) is 11.4 Å². The van der Waals surface area contributed by atoms with Gasteiger partial charge in [-0.2, -0.15) is 0 Å². The molecule has 2 heterocycles. The SMILES string of the molecule is Cc1cnc(Nc2ncccc2C(=O)O)s1. The Labute approximate surface area is 95.8 Å². The van der Waals surface area contributed by atoms with Gasteiger partial charge in [0.05, 0.1) is 0 Å². The highest BCUT2D eigenvalue weighted by Gasteiger charge is 2.11. The van der Waals surface area contributed by atoms with E-state index < -0.39 is 5.97 Å². The van der Waals surface area contributed by atoms with E-state index >= 15 is 0 Å². The van der Waals surface area contributed by atoms with Gasteiger partial charge >= 0.3 is 5.97 Å². The topological polar surface area (TPSA) is 75.1 Å². The Morgan fingerprint density at radius 3 is 2.94 bits per heavy atom. The Morgan fingerprint density at radius 2 is 2.31 bits per heavy atom. The molecule has 0 atom stereocenters. The first-order valence-corrected chi connectivity index (χ1v) is 5.36. The molecule has 2 rings (SSSR count). The Kier molecular flexibility index (Phi) is 2.82. The van der Waals surface area contributed by atoms with Crippen LogP contribution in [0.25, 0.3) is 0 Å². The van der Waals surface area contributed by atoms with Crippen LogP contribution in [0, 0.1) is 6.92 Å². The summed E-state index contributed by atoms with van der Waals surface area (Å²) in [4.78, 5) is 20.0. The molecular formula is C10H9N3O2S. The molecule has 0 amide bonds. The van der Waals surface area contributed by atoms with Crippen LogP contribution in [0.15, 0.2) is 24.5 Å². The summed E-state index contributed by atoms with van der Waals surface area (Å²) in [7, 11) is 0. The Morgan fingerprint density at radius 1 is 1.50 bits per heavy atom. The average Bonchev–Trinajstić information content (AvgIpc) is 2.64. The Hall–Kier alpha value is -1.95. The zero-order chi connectivity index (χ0) is 11.5. The van der Waals surface area contributed by atoms with Crippen molar-refractivity contribution in [3.8, 4) is 0 Å². The van der Waals surface area contributed by atoms with Crippen molar-refractivity contribution in [3.63, 3.8) is 0 Å². The second kappa shape index (κ2) is 4.28. The molecule has 2 aromatic heterocycles. The van der Waals surface area contributed by atoms with Crippen molar-refractivity contribution in [2.45, 2.75) is 6.92 Å². The number of carbonyl (C=O) groups is 1. The largest absolute Gasteiger partial charge is 0.478 e. The number of pyridine rings is 1. The minimum Gasteiger partial charge on any atom is -0.478 e. The summed E-state index contributed by atoms with van der Waals surface area (Å²) in [6.07, 6.45) is 3.26. The first kappa shape index (κ1) is 10.6. The third-order valence-electron chi connectivity index (χ3n) is 1.88. The van der Waals surface area contributed by atoms with E-state index in [2.05, 4.69) is 15.3 Å². The van der Waals surface area contributed by atoms with Gasteiger partial charge in [-0.3, -0.25) is 0 Å². The Bertz CT molecular complexity index is 524. The van der Waals surface area contributed by atoms with Crippen LogP contribution in [0.3, 0.4) is 0 Å². The molecule has 0 saturated carbocycles. The highest BCUT2D eigenvalue weighted by Crippen LogP contribution is 2.22. The summed E-state index contributed by atoms with van der Waals surface area (Å²) in [6, 6.07) is 3.08. The second-order valence-corrected chi connectivity index (χ2v) is 4.34. The number of rotatable bonds is 3. The molecule has 2 aromatic rings. The zero-order valence-corrected chi connectivity index (χ0v) is 9.28. The number of aryl methyl sites for hydroxylation is 1. The maximum Gasteiger partial charge on any atom is 0.339 e. The fraction of sp³-hybridized carbons (Fsp3) is 0.100. The molecule has 0 aliphatic carbocycles. The fourth-order valence-corrected chi connectivity index (χ4v) is 1.85. The standard InChI is InChI=1S/C10H9N3O2S/c1-6-5-12-10(16-6)13-8-7(9(14)15)3-2-4-11-8/h2-5H,1H3,(H,14,15)(H,11,12,13). The minimum absolute atomic E-state index is 0.135. The molecule has 0 aliphatic heterocycles. The number of hydrogen-bond donors (Lipinski definition) is 2. The average molecular weight is 235 g/mol. The summed E-state index contributed by atoms with van der Waals surface area (Å²) in [5.41, 5.74) is 0.135. The number of carboxylic acid groups (broad SMARTS) is 1. The lowest BCUT2D eigenvalue weighted by Crippen LogP contribution is -2.04. The van der Waals surface area contributed by atoms with E-state index in [1.807, 2.05) is 6.92 Å². The molecule has 0 radical (unpaired) electrons. The van der Waals surface area contributed by atoms with Gasteiger partial charge in [0, 0.05) is 17.3 Å². The van der Waals surface area contributed by atoms with Gasteiger partial charge < -0.3 is 10.4 Å². The molecule has 0 aromatic carbocycles. The van der Waals surface area contributed by atoms with E-state index in [1.165, 1.54) is 23.6 Å². The predicted octanol–water partition coefficient (Wildman–Crippen LogP) is 2.29. The molecule has 5 nitrogen and oxygen atoms in total. The van der Waals surface area contributed by atoms with Crippen LogP contribution in [0.4, 0.5) is 10.9 Å². The van der Waals surface area contributed by atoms with Crippen molar-refractivity contribution in [3.05, 3.63) is 35.0 Å². The summed E-state index contributed by atoms with van der Waals surface area (Å²) < 4.78 is 0. The summed E-state index contributed by atoms with van der Waals surface area (Å²) in [5.74, 6) is -0.701. The molecule has 0 fully saturated rings. The second-order valence-electron chi connectivity index (χ2n) is 3.11. The van der Waals surface area contributed by atoms with E-state index in [0.717, 1.165) is 4.88 Å². The highest BCUT2D eigenvalue weighted by molar-refractivity contribution is 7.15. The molecule has 0 unspecified atom stereocenters. The van der Waals surface area contributed by atoms with Crippen LogP contribution >= 0.6 is 11.3 Å². The van der Waals surface area contributed by atoms with Gasteiger partial charge in [0.25, 0.3) is 0 Å². The molecule has 16 heavy (non-hydrogen) atoms. The van der Waals surface area contributed by atoms with Crippen molar-refractivity contribution in [2.75, 3.05) is 5.32 Å². The van der Waals surface area contributed by atoms with Gasteiger partial charge in [-0.25, -0.2) is 14.8 Å². The first-order chi connectivity index (χ1) is 7.66. The summed E-state index contributed by atoms with van der Waals surface area (Å²) in [6.45, 7) is 1.93. The lowest BCUT2D eigenvalue weighted by molar-refractivity contribution is 0.0697. The Balaban J connectivity index is 2.31. The lowest BCUT2D eigenvalue weighted by atomic mass is 10.2. The van der Waals surface area contributed by atoms with Crippen molar-refractivity contribution in [1.82, 2.24) is 9.97 Å². The molecule has 2 N–H and O–H groups in total. The third kappa shape index (κ3) is 2.17. The predicted molar refractivity (Wildman–Crippen MR) is 61.3 cm³/mol. The molecule has 6 heteroatoms. The van der Waals surface area contributed by atoms with Gasteiger partial charge in [-0.1, -0.05) is 0 Å². The van der Waals surface area contributed by atoms with E-state index in [-0.39, 0.29) is 5.56 Å². The van der Waals surface area contributed by atoms with Crippen LogP contribution in [0.2, 0.25) is 0 Å². The van der Waals surface area contributed by atoms with Crippen LogP contribution in [-0.2, 0) is 0 Å². The number of thiazole rings is 1. The van der Waals surface area contributed by atoms with Crippen molar-refractivity contribution in [2.24, 2.45) is 0 Å². The molecule has 0 spiro atoms. The normalized spacial score (nSPS) is 10.1. The number of hydrogen-bond acceptors (Lipinski definition) is 5. The smallest absolute Gasteiger partial charge is 0.339 e.